The number of aromatic nitrogens is 1. The Balaban J connectivity index is 1.77. The predicted molar refractivity (Wildman–Crippen MR) is 83.4 cm³/mol. The molecule has 116 valence electrons. The summed E-state index contributed by atoms with van der Waals surface area (Å²) in [7, 11) is 0. The molecule has 1 saturated heterocycles. The second kappa shape index (κ2) is 6.33. The number of nitrogens with zero attached hydrogens (tertiary/aromatic N) is 2. The third-order valence-corrected chi connectivity index (χ3v) is 3.42. The summed E-state index contributed by atoms with van der Waals surface area (Å²) >= 11 is 0. The first-order valence-corrected chi connectivity index (χ1v) is 7.48. The lowest BCUT2D eigenvalue weighted by Crippen LogP contribution is -2.35. The molecule has 1 amide bonds. The number of aryl methyl sites for hydroxylation is 1. The van der Waals surface area contributed by atoms with Crippen LogP contribution in [0.25, 0.3) is 0 Å². The maximum atomic E-state index is 12.0. The number of pyridine rings is 1. The standard InChI is InChI=1S/C16H25N3O2/c1-12-5-6-14(17-9-12)18-10-13-7-8-19(11-13)15(20)21-16(2,3)4/h5-6,9,13H,7-8,10-11H2,1-4H3,(H,17,18)/t13-/m0/s1. The van der Waals surface area contributed by atoms with E-state index in [0.717, 1.165) is 37.4 Å². The number of hydrogen-bond acceptors (Lipinski definition) is 4. The highest BCUT2D eigenvalue weighted by Gasteiger charge is 2.29. The van der Waals surface area contributed by atoms with Crippen LogP contribution in [0, 0.1) is 12.8 Å². The van der Waals surface area contributed by atoms with Crippen LogP contribution in [-0.2, 0) is 4.74 Å². The van der Waals surface area contributed by atoms with E-state index in [1.165, 1.54) is 0 Å². The number of nitrogens with one attached hydrogen (secondary N) is 1. The van der Waals surface area contributed by atoms with E-state index in [4.69, 9.17) is 4.74 Å². The molecule has 1 aromatic rings. The SMILES string of the molecule is Cc1ccc(NC[C@@H]2CCN(C(=O)OC(C)(C)C)C2)nc1. The molecule has 0 bridgehead atoms. The van der Waals surface area contributed by atoms with Crippen LogP contribution in [-0.4, -0.2) is 41.2 Å². The molecule has 2 rings (SSSR count). The van der Waals surface area contributed by atoms with Crippen molar-refractivity contribution in [3.8, 4) is 0 Å². The van der Waals surface area contributed by atoms with E-state index in [2.05, 4.69) is 10.3 Å². The Morgan fingerprint density at radius 3 is 2.86 bits per heavy atom. The molecule has 5 heteroatoms. The number of ether oxygens (including phenoxy) is 1. The Morgan fingerprint density at radius 1 is 1.48 bits per heavy atom. The molecule has 1 atom stereocenters. The Bertz CT molecular complexity index is 479. The van der Waals surface area contributed by atoms with Crippen LogP contribution in [0.1, 0.15) is 32.8 Å². The van der Waals surface area contributed by atoms with Crippen LogP contribution in [0.15, 0.2) is 18.3 Å². The first-order chi connectivity index (χ1) is 9.83. The number of hydrogen-bond donors (Lipinski definition) is 1. The van der Waals surface area contributed by atoms with Crippen molar-refractivity contribution >= 4 is 11.9 Å². The average Bonchev–Trinajstić information content (AvgIpc) is 2.85. The number of amides is 1. The summed E-state index contributed by atoms with van der Waals surface area (Å²) in [6.45, 7) is 10.0. The molecule has 0 aromatic carbocycles. The Labute approximate surface area is 126 Å². The summed E-state index contributed by atoms with van der Waals surface area (Å²) in [4.78, 5) is 18.1. The van der Waals surface area contributed by atoms with E-state index in [0.29, 0.717) is 5.92 Å². The summed E-state index contributed by atoms with van der Waals surface area (Å²) in [6, 6.07) is 4.02. The van der Waals surface area contributed by atoms with Crippen molar-refractivity contribution < 1.29 is 9.53 Å². The lowest BCUT2D eigenvalue weighted by Gasteiger charge is -2.24. The first-order valence-electron chi connectivity index (χ1n) is 7.48. The highest BCUT2D eigenvalue weighted by molar-refractivity contribution is 5.68. The van der Waals surface area contributed by atoms with Gasteiger partial charge in [0.25, 0.3) is 0 Å². The van der Waals surface area contributed by atoms with Crippen LogP contribution >= 0.6 is 0 Å². The van der Waals surface area contributed by atoms with E-state index in [1.807, 2.05) is 46.0 Å². The van der Waals surface area contributed by atoms with Crippen molar-refractivity contribution in [3.63, 3.8) is 0 Å². The first kappa shape index (κ1) is 15.6. The van der Waals surface area contributed by atoms with Gasteiger partial charge in [0.1, 0.15) is 11.4 Å². The molecule has 0 aliphatic carbocycles. The Hall–Kier alpha value is -1.78. The van der Waals surface area contributed by atoms with Gasteiger partial charge in [-0.3, -0.25) is 0 Å². The normalized spacial score (nSPS) is 18.7. The monoisotopic (exact) mass is 291 g/mol. The third-order valence-electron chi connectivity index (χ3n) is 3.42. The number of carbonyl (C=O) groups excluding carboxylic acids is 1. The molecule has 0 radical (unpaired) electrons. The average molecular weight is 291 g/mol. The van der Waals surface area contributed by atoms with Crippen molar-refractivity contribution in [2.45, 2.75) is 39.7 Å². The molecule has 0 spiro atoms. The predicted octanol–water partition coefficient (Wildman–Crippen LogP) is 3.06. The molecule has 2 heterocycles. The summed E-state index contributed by atoms with van der Waals surface area (Å²) < 4.78 is 5.40. The minimum absolute atomic E-state index is 0.210. The fourth-order valence-electron chi connectivity index (χ4n) is 2.31. The molecular weight excluding hydrogens is 266 g/mol. The minimum Gasteiger partial charge on any atom is -0.444 e. The molecule has 21 heavy (non-hydrogen) atoms. The molecule has 0 unspecified atom stereocenters. The van der Waals surface area contributed by atoms with Gasteiger partial charge in [-0.15, -0.1) is 0 Å². The third kappa shape index (κ3) is 4.92. The molecule has 1 fully saturated rings. The lowest BCUT2D eigenvalue weighted by atomic mass is 10.1. The molecule has 5 nitrogen and oxygen atoms in total. The van der Waals surface area contributed by atoms with Gasteiger partial charge in [0.2, 0.25) is 0 Å². The second-order valence-corrected chi connectivity index (χ2v) is 6.68. The number of rotatable bonds is 3. The van der Waals surface area contributed by atoms with Crippen molar-refractivity contribution in [1.29, 1.82) is 0 Å². The van der Waals surface area contributed by atoms with Crippen LogP contribution in [0.2, 0.25) is 0 Å². The summed E-state index contributed by atoms with van der Waals surface area (Å²) in [5.41, 5.74) is 0.719. The van der Waals surface area contributed by atoms with E-state index in [9.17, 15) is 4.79 Å². The topological polar surface area (TPSA) is 54.5 Å². The van der Waals surface area contributed by atoms with Crippen LogP contribution < -0.4 is 5.32 Å². The van der Waals surface area contributed by atoms with Gasteiger partial charge in [0.05, 0.1) is 0 Å². The van der Waals surface area contributed by atoms with E-state index in [-0.39, 0.29) is 6.09 Å². The van der Waals surface area contributed by atoms with Gasteiger partial charge in [-0.05, 0) is 51.7 Å². The van der Waals surface area contributed by atoms with Crippen molar-refractivity contribution in [2.75, 3.05) is 25.0 Å². The zero-order valence-electron chi connectivity index (χ0n) is 13.3. The van der Waals surface area contributed by atoms with Gasteiger partial charge < -0.3 is 15.0 Å². The fourth-order valence-corrected chi connectivity index (χ4v) is 2.31. The van der Waals surface area contributed by atoms with Gasteiger partial charge >= 0.3 is 6.09 Å². The van der Waals surface area contributed by atoms with Crippen molar-refractivity contribution in [2.24, 2.45) is 5.92 Å². The fraction of sp³-hybridized carbons (Fsp3) is 0.625. The maximum absolute atomic E-state index is 12.0. The number of likely N-dealkylation sites (tertiary alicyclic amines) is 1. The molecule has 0 saturated carbocycles. The van der Waals surface area contributed by atoms with E-state index >= 15 is 0 Å². The zero-order chi connectivity index (χ0) is 15.5. The lowest BCUT2D eigenvalue weighted by molar-refractivity contribution is 0.0289. The second-order valence-electron chi connectivity index (χ2n) is 6.68. The molecular formula is C16H25N3O2. The van der Waals surface area contributed by atoms with Crippen LogP contribution in [0.3, 0.4) is 0 Å². The quantitative estimate of drug-likeness (QED) is 0.930. The summed E-state index contributed by atoms with van der Waals surface area (Å²) in [5.74, 6) is 1.33. The van der Waals surface area contributed by atoms with Crippen LogP contribution in [0.5, 0.6) is 0 Å². The zero-order valence-corrected chi connectivity index (χ0v) is 13.3. The number of anilines is 1. The smallest absolute Gasteiger partial charge is 0.410 e. The van der Waals surface area contributed by atoms with E-state index < -0.39 is 5.60 Å². The largest absolute Gasteiger partial charge is 0.444 e. The molecule has 1 N–H and O–H groups in total. The van der Waals surface area contributed by atoms with Crippen LogP contribution in [0.4, 0.5) is 10.6 Å². The van der Waals surface area contributed by atoms with Crippen molar-refractivity contribution in [1.82, 2.24) is 9.88 Å². The Morgan fingerprint density at radius 2 is 2.24 bits per heavy atom. The number of carbonyl (C=O) groups is 1. The van der Waals surface area contributed by atoms with E-state index in [1.54, 1.807) is 4.90 Å². The minimum atomic E-state index is -0.431. The summed E-state index contributed by atoms with van der Waals surface area (Å²) in [5, 5.41) is 3.33. The van der Waals surface area contributed by atoms with Crippen molar-refractivity contribution in [3.05, 3.63) is 23.9 Å². The van der Waals surface area contributed by atoms with Gasteiger partial charge in [-0.2, -0.15) is 0 Å². The highest BCUT2D eigenvalue weighted by atomic mass is 16.6. The maximum Gasteiger partial charge on any atom is 0.410 e. The van der Waals surface area contributed by atoms with Gasteiger partial charge in [0, 0.05) is 25.8 Å². The summed E-state index contributed by atoms with van der Waals surface area (Å²) in [6.07, 6.45) is 2.64. The molecule has 1 aliphatic heterocycles. The van der Waals surface area contributed by atoms with Gasteiger partial charge in [-0.1, -0.05) is 6.07 Å². The molecule has 1 aromatic heterocycles. The Kier molecular flexibility index (Phi) is 4.70. The van der Waals surface area contributed by atoms with Gasteiger partial charge in [0.15, 0.2) is 0 Å². The highest BCUT2D eigenvalue weighted by Crippen LogP contribution is 2.20. The van der Waals surface area contributed by atoms with Gasteiger partial charge in [-0.25, -0.2) is 9.78 Å². The molecule has 1 aliphatic rings.